The summed E-state index contributed by atoms with van der Waals surface area (Å²) in [6, 6.07) is 2.67. The Balaban J connectivity index is 3.33. The fourth-order valence-electron chi connectivity index (χ4n) is 1.53. The van der Waals surface area contributed by atoms with Gasteiger partial charge in [-0.3, -0.25) is 4.79 Å². The minimum Gasteiger partial charge on any atom is -0.478 e. The van der Waals surface area contributed by atoms with Gasteiger partial charge in [-0.2, -0.15) is 33.4 Å². The molecular weight excluding hydrogens is 375 g/mol. The van der Waals surface area contributed by atoms with Crippen molar-refractivity contribution in [1.82, 2.24) is 5.32 Å². The van der Waals surface area contributed by atoms with Crippen LogP contribution in [0.2, 0.25) is 0 Å². The third-order valence-corrected chi connectivity index (χ3v) is 4.14. The molecule has 0 saturated carbocycles. The lowest BCUT2D eigenvalue weighted by Gasteiger charge is -2.14. The normalized spacial score (nSPS) is 11.8. The number of carbonyl (C=O) groups excluding carboxylic acids is 1. The van der Waals surface area contributed by atoms with Gasteiger partial charge in [0.05, 0.1) is 11.1 Å². The molecule has 1 amide bonds. The van der Waals surface area contributed by atoms with E-state index in [1.54, 1.807) is 6.26 Å². The summed E-state index contributed by atoms with van der Waals surface area (Å²) in [7, 11) is -6.05. The lowest BCUT2D eigenvalue weighted by Crippen LogP contribution is -2.31. The molecule has 0 aliphatic carbocycles. The molecule has 1 aromatic carbocycles. The molecule has 0 aliphatic rings. The number of nitrogens with one attached hydrogen (secondary N) is 1. The van der Waals surface area contributed by atoms with Crippen LogP contribution in [-0.2, 0) is 10.1 Å². The Bertz CT molecular complexity index is 733. The number of aromatic carboxylic acids is 1. The number of benzene rings is 1. The van der Waals surface area contributed by atoms with Crippen LogP contribution >= 0.6 is 11.8 Å². The number of carboxylic acids is 1. The van der Waals surface area contributed by atoms with Gasteiger partial charge in [0.15, 0.2) is 5.75 Å². The molecule has 0 atom stereocenters. The second-order valence-corrected chi connectivity index (χ2v) is 6.74. The molecule has 24 heavy (non-hydrogen) atoms. The number of halogens is 3. The van der Waals surface area contributed by atoms with E-state index in [0.717, 1.165) is 18.2 Å². The van der Waals surface area contributed by atoms with Gasteiger partial charge in [0.25, 0.3) is 5.91 Å². The van der Waals surface area contributed by atoms with E-state index in [1.165, 1.54) is 11.8 Å². The van der Waals surface area contributed by atoms with Gasteiger partial charge >= 0.3 is 21.6 Å². The van der Waals surface area contributed by atoms with Crippen LogP contribution in [0.1, 0.15) is 20.7 Å². The maximum Gasteiger partial charge on any atom is 0.534 e. The molecule has 134 valence electrons. The van der Waals surface area contributed by atoms with Crippen LogP contribution in [-0.4, -0.2) is 49.5 Å². The second kappa shape index (κ2) is 7.75. The molecule has 0 bridgehead atoms. The molecular formula is C12H12F3NO6S2. The molecule has 0 radical (unpaired) electrons. The molecule has 1 rings (SSSR count). The topological polar surface area (TPSA) is 110 Å². The molecule has 1 aromatic rings. The molecule has 0 spiro atoms. The molecule has 0 aromatic heterocycles. The summed E-state index contributed by atoms with van der Waals surface area (Å²) in [5, 5.41) is 11.3. The number of alkyl halides is 3. The summed E-state index contributed by atoms with van der Waals surface area (Å²) in [6.45, 7) is 0.0966. The van der Waals surface area contributed by atoms with Gasteiger partial charge in [-0.15, -0.1) is 0 Å². The standard InChI is InChI=1S/C12H12F3NO6S2/c1-23-6-5-16-10(17)9-7(11(18)19)3-2-4-8(9)22-24(20,21)12(13,14)15/h2-4H,5-6H2,1H3,(H,16,17)(H,18,19). The lowest BCUT2D eigenvalue weighted by molar-refractivity contribution is -0.0500. The number of hydrogen-bond acceptors (Lipinski definition) is 6. The average molecular weight is 387 g/mol. The van der Waals surface area contributed by atoms with Gasteiger partial charge < -0.3 is 14.6 Å². The Kier molecular flexibility index (Phi) is 6.49. The smallest absolute Gasteiger partial charge is 0.478 e. The van der Waals surface area contributed by atoms with Crippen molar-refractivity contribution in [2.24, 2.45) is 0 Å². The van der Waals surface area contributed by atoms with Gasteiger partial charge in [-0.25, -0.2) is 4.79 Å². The zero-order valence-electron chi connectivity index (χ0n) is 12.1. The van der Waals surface area contributed by atoms with E-state index in [2.05, 4.69) is 9.50 Å². The Morgan fingerprint density at radius 1 is 1.33 bits per heavy atom. The van der Waals surface area contributed by atoms with E-state index in [9.17, 15) is 31.2 Å². The van der Waals surface area contributed by atoms with Crippen LogP contribution in [0.3, 0.4) is 0 Å². The zero-order valence-corrected chi connectivity index (χ0v) is 13.7. The second-order valence-electron chi connectivity index (χ2n) is 4.22. The minimum absolute atomic E-state index is 0.0966. The molecule has 0 aliphatic heterocycles. The van der Waals surface area contributed by atoms with E-state index >= 15 is 0 Å². The highest BCUT2D eigenvalue weighted by Crippen LogP contribution is 2.30. The number of carbonyl (C=O) groups is 2. The van der Waals surface area contributed by atoms with E-state index in [4.69, 9.17) is 5.11 Å². The fourth-order valence-corrected chi connectivity index (χ4v) is 2.31. The van der Waals surface area contributed by atoms with E-state index in [1.807, 2.05) is 0 Å². The Morgan fingerprint density at radius 3 is 2.46 bits per heavy atom. The van der Waals surface area contributed by atoms with Crippen molar-refractivity contribution in [3.63, 3.8) is 0 Å². The first-order valence-corrected chi connectivity index (χ1v) is 8.95. The van der Waals surface area contributed by atoms with Crippen LogP contribution in [0.25, 0.3) is 0 Å². The van der Waals surface area contributed by atoms with Crippen molar-refractivity contribution in [1.29, 1.82) is 0 Å². The minimum atomic E-state index is -6.05. The molecule has 0 unspecified atom stereocenters. The van der Waals surface area contributed by atoms with Gasteiger partial charge in [0.2, 0.25) is 0 Å². The third kappa shape index (κ3) is 4.77. The predicted molar refractivity (Wildman–Crippen MR) is 79.7 cm³/mol. The lowest BCUT2D eigenvalue weighted by atomic mass is 10.1. The van der Waals surface area contributed by atoms with Crippen LogP contribution in [0, 0.1) is 0 Å². The van der Waals surface area contributed by atoms with Gasteiger partial charge in [0.1, 0.15) is 0 Å². The van der Waals surface area contributed by atoms with Crippen molar-refractivity contribution in [3.05, 3.63) is 29.3 Å². The molecule has 12 heteroatoms. The van der Waals surface area contributed by atoms with Crippen molar-refractivity contribution in [2.75, 3.05) is 18.6 Å². The Labute approximate surface area is 139 Å². The van der Waals surface area contributed by atoms with Crippen LogP contribution in [0.4, 0.5) is 13.2 Å². The maximum absolute atomic E-state index is 12.4. The fraction of sp³-hybridized carbons (Fsp3) is 0.333. The van der Waals surface area contributed by atoms with Crippen LogP contribution in [0.15, 0.2) is 18.2 Å². The molecule has 2 N–H and O–H groups in total. The highest BCUT2D eigenvalue weighted by atomic mass is 32.2. The SMILES string of the molecule is CSCCNC(=O)c1c(OS(=O)(=O)C(F)(F)F)cccc1C(=O)O. The quantitative estimate of drug-likeness (QED) is 0.416. The van der Waals surface area contributed by atoms with Crippen molar-refractivity contribution >= 4 is 33.8 Å². The highest BCUT2D eigenvalue weighted by molar-refractivity contribution is 7.98. The predicted octanol–water partition coefficient (Wildman–Crippen LogP) is 1.71. The molecule has 0 fully saturated rings. The summed E-state index contributed by atoms with van der Waals surface area (Å²) in [4.78, 5) is 23.2. The van der Waals surface area contributed by atoms with E-state index in [0.29, 0.717) is 5.75 Å². The van der Waals surface area contributed by atoms with Gasteiger partial charge in [0, 0.05) is 12.3 Å². The maximum atomic E-state index is 12.4. The largest absolute Gasteiger partial charge is 0.534 e. The van der Waals surface area contributed by atoms with E-state index in [-0.39, 0.29) is 6.54 Å². The first-order valence-electron chi connectivity index (χ1n) is 6.15. The summed E-state index contributed by atoms with van der Waals surface area (Å²) in [6.07, 6.45) is 1.74. The molecule has 7 nitrogen and oxygen atoms in total. The Hall–Kier alpha value is -1.95. The highest BCUT2D eigenvalue weighted by Gasteiger charge is 2.49. The van der Waals surface area contributed by atoms with Gasteiger partial charge in [-0.1, -0.05) is 6.07 Å². The third-order valence-electron chi connectivity index (χ3n) is 2.56. The summed E-state index contributed by atoms with van der Waals surface area (Å²) >= 11 is 1.36. The monoisotopic (exact) mass is 387 g/mol. The summed E-state index contributed by atoms with van der Waals surface area (Å²) in [5.74, 6) is -3.25. The first kappa shape index (κ1) is 20.1. The molecule has 0 saturated heterocycles. The zero-order chi connectivity index (χ0) is 18.5. The number of thioether (sulfide) groups is 1. The first-order chi connectivity index (χ1) is 11.0. The summed E-state index contributed by atoms with van der Waals surface area (Å²) < 4.78 is 63.4. The average Bonchev–Trinajstić information content (AvgIpc) is 2.45. The number of hydrogen-bond donors (Lipinski definition) is 2. The number of carboxylic acid groups (broad SMARTS) is 1. The van der Waals surface area contributed by atoms with Crippen molar-refractivity contribution in [2.45, 2.75) is 5.51 Å². The van der Waals surface area contributed by atoms with Crippen LogP contribution < -0.4 is 9.50 Å². The number of rotatable bonds is 7. The van der Waals surface area contributed by atoms with E-state index < -0.39 is 44.4 Å². The van der Waals surface area contributed by atoms with Crippen LogP contribution in [0.5, 0.6) is 5.75 Å². The number of amides is 1. The van der Waals surface area contributed by atoms with Crippen molar-refractivity contribution in [3.8, 4) is 5.75 Å². The Morgan fingerprint density at radius 2 is 1.96 bits per heavy atom. The summed E-state index contributed by atoms with van der Waals surface area (Å²) in [5.41, 5.74) is -7.22. The van der Waals surface area contributed by atoms with Gasteiger partial charge in [-0.05, 0) is 18.4 Å². The van der Waals surface area contributed by atoms with Crippen molar-refractivity contribution < 1.29 is 40.5 Å². The molecule has 0 heterocycles.